The molecule has 0 radical (unpaired) electrons. The summed E-state index contributed by atoms with van der Waals surface area (Å²) >= 11 is 0. The van der Waals surface area contributed by atoms with Crippen molar-refractivity contribution >= 4 is 35.6 Å². The molecule has 27 heavy (non-hydrogen) atoms. The zero-order valence-electron chi connectivity index (χ0n) is 15.4. The molecule has 0 saturated heterocycles. The van der Waals surface area contributed by atoms with E-state index in [1.807, 2.05) is 18.2 Å². The lowest BCUT2D eigenvalue weighted by molar-refractivity contribution is -0.384. The topological polar surface area (TPSA) is 98.0 Å². The van der Waals surface area contributed by atoms with Crippen molar-refractivity contribution in [3.05, 3.63) is 63.7 Å². The van der Waals surface area contributed by atoms with Gasteiger partial charge in [-0.25, -0.2) is 0 Å². The average Bonchev–Trinajstić information content (AvgIpc) is 2.68. The van der Waals surface area contributed by atoms with Gasteiger partial charge >= 0.3 is 0 Å². The fourth-order valence-electron chi connectivity index (χ4n) is 2.32. The van der Waals surface area contributed by atoms with Crippen LogP contribution in [0.3, 0.4) is 0 Å². The Bertz CT molecular complexity index is 781. The number of hydrogen-bond acceptors (Lipinski definition) is 5. The molecule has 146 valence electrons. The van der Waals surface area contributed by atoms with E-state index in [0.29, 0.717) is 19.0 Å². The van der Waals surface area contributed by atoms with Crippen molar-refractivity contribution in [3.63, 3.8) is 0 Å². The summed E-state index contributed by atoms with van der Waals surface area (Å²) in [5, 5.41) is 17.1. The summed E-state index contributed by atoms with van der Waals surface area (Å²) < 4.78 is 10.6. The average molecular weight is 486 g/mol. The molecule has 2 rings (SSSR count). The summed E-state index contributed by atoms with van der Waals surface area (Å²) in [6, 6.07) is 12.0. The number of guanidine groups is 1. The van der Waals surface area contributed by atoms with Crippen LogP contribution >= 0.6 is 24.0 Å². The van der Waals surface area contributed by atoms with Crippen molar-refractivity contribution in [2.45, 2.75) is 13.1 Å². The largest absolute Gasteiger partial charge is 0.497 e. The van der Waals surface area contributed by atoms with Crippen LogP contribution in [0.5, 0.6) is 11.5 Å². The van der Waals surface area contributed by atoms with Gasteiger partial charge in [0.2, 0.25) is 0 Å². The van der Waals surface area contributed by atoms with Gasteiger partial charge in [-0.15, -0.1) is 24.0 Å². The second-order valence-corrected chi connectivity index (χ2v) is 5.38. The van der Waals surface area contributed by atoms with Crippen LogP contribution in [0.15, 0.2) is 47.5 Å². The highest BCUT2D eigenvalue weighted by molar-refractivity contribution is 14.0. The van der Waals surface area contributed by atoms with Crippen LogP contribution in [0.1, 0.15) is 11.1 Å². The first kappa shape index (κ1) is 22.5. The summed E-state index contributed by atoms with van der Waals surface area (Å²) in [5.74, 6) is 2.06. The number of nitro groups is 1. The Morgan fingerprint density at radius 3 is 2.30 bits per heavy atom. The number of ether oxygens (including phenoxy) is 2. The second-order valence-electron chi connectivity index (χ2n) is 5.38. The highest BCUT2D eigenvalue weighted by Crippen LogP contribution is 2.24. The zero-order chi connectivity index (χ0) is 18.9. The Balaban J connectivity index is 0.00000364. The van der Waals surface area contributed by atoms with E-state index in [9.17, 15) is 10.1 Å². The Labute approximate surface area is 175 Å². The van der Waals surface area contributed by atoms with Gasteiger partial charge in [0.25, 0.3) is 5.69 Å². The molecule has 0 atom stereocenters. The standard InChI is InChI=1S/C18H22N4O4.HI/c1-19-18(20-11-13-4-7-15(8-5-13)22(23)24)21-12-14-6-9-16(25-2)10-17(14)26-3;/h4-10H,11-12H2,1-3H3,(H2,19,20,21);1H. The van der Waals surface area contributed by atoms with Crippen molar-refractivity contribution in [1.82, 2.24) is 10.6 Å². The summed E-state index contributed by atoms with van der Waals surface area (Å²) in [5.41, 5.74) is 1.95. The smallest absolute Gasteiger partial charge is 0.269 e. The number of aliphatic imine (C=N–C) groups is 1. The molecule has 0 saturated carbocycles. The van der Waals surface area contributed by atoms with E-state index < -0.39 is 4.92 Å². The Kier molecular flexibility index (Phi) is 9.34. The highest BCUT2D eigenvalue weighted by Gasteiger charge is 2.07. The number of nitrogens with zero attached hydrogens (tertiary/aromatic N) is 2. The quantitative estimate of drug-likeness (QED) is 0.205. The summed E-state index contributed by atoms with van der Waals surface area (Å²) in [6.45, 7) is 1.02. The van der Waals surface area contributed by atoms with E-state index >= 15 is 0 Å². The Hall–Kier alpha value is -2.56. The van der Waals surface area contributed by atoms with Gasteiger partial charge in [-0.1, -0.05) is 12.1 Å². The van der Waals surface area contributed by atoms with Crippen molar-refractivity contribution in [2.24, 2.45) is 4.99 Å². The summed E-state index contributed by atoms with van der Waals surface area (Å²) in [4.78, 5) is 14.4. The number of rotatable bonds is 7. The number of nitrogens with one attached hydrogen (secondary N) is 2. The molecule has 0 unspecified atom stereocenters. The molecule has 0 fully saturated rings. The third kappa shape index (κ3) is 6.59. The summed E-state index contributed by atoms with van der Waals surface area (Å²) in [6.07, 6.45) is 0. The first-order valence-corrected chi connectivity index (χ1v) is 7.96. The van der Waals surface area contributed by atoms with E-state index in [1.54, 1.807) is 33.4 Å². The lowest BCUT2D eigenvalue weighted by Crippen LogP contribution is -2.36. The van der Waals surface area contributed by atoms with Crippen molar-refractivity contribution in [2.75, 3.05) is 21.3 Å². The van der Waals surface area contributed by atoms with Crippen LogP contribution in [-0.4, -0.2) is 32.2 Å². The lowest BCUT2D eigenvalue weighted by atomic mass is 10.2. The molecule has 0 bridgehead atoms. The van der Waals surface area contributed by atoms with Gasteiger partial charge in [-0.3, -0.25) is 15.1 Å². The van der Waals surface area contributed by atoms with Gasteiger partial charge in [0.1, 0.15) is 11.5 Å². The van der Waals surface area contributed by atoms with E-state index in [2.05, 4.69) is 15.6 Å². The molecule has 2 aromatic rings. The number of non-ortho nitro benzene ring substituents is 1. The molecule has 9 heteroatoms. The molecule has 0 amide bonds. The third-order valence-electron chi connectivity index (χ3n) is 3.77. The van der Waals surface area contributed by atoms with Gasteiger partial charge in [0.05, 0.1) is 19.1 Å². The lowest BCUT2D eigenvalue weighted by Gasteiger charge is -2.14. The van der Waals surface area contributed by atoms with Crippen LogP contribution < -0.4 is 20.1 Å². The first-order valence-electron chi connectivity index (χ1n) is 7.96. The predicted molar refractivity (Wildman–Crippen MR) is 115 cm³/mol. The minimum absolute atomic E-state index is 0. The fraction of sp³-hybridized carbons (Fsp3) is 0.278. The van der Waals surface area contributed by atoms with E-state index in [0.717, 1.165) is 22.6 Å². The van der Waals surface area contributed by atoms with Crippen molar-refractivity contribution in [1.29, 1.82) is 0 Å². The van der Waals surface area contributed by atoms with Crippen LogP contribution in [0.4, 0.5) is 5.69 Å². The van der Waals surface area contributed by atoms with Crippen molar-refractivity contribution < 1.29 is 14.4 Å². The molecular formula is C18H23IN4O4. The minimum atomic E-state index is -0.417. The molecule has 2 N–H and O–H groups in total. The number of nitro benzene ring substituents is 1. The van der Waals surface area contributed by atoms with Crippen LogP contribution in [0.25, 0.3) is 0 Å². The van der Waals surface area contributed by atoms with Crippen LogP contribution in [0.2, 0.25) is 0 Å². The number of hydrogen-bond donors (Lipinski definition) is 2. The van der Waals surface area contributed by atoms with Crippen LogP contribution in [0, 0.1) is 10.1 Å². The summed E-state index contributed by atoms with van der Waals surface area (Å²) in [7, 11) is 4.90. The maximum Gasteiger partial charge on any atom is 0.269 e. The maximum atomic E-state index is 10.7. The van der Waals surface area contributed by atoms with Gasteiger partial charge in [0, 0.05) is 43.9 Å². The molecule has 2 aromatic carbocycles. The number of benzene rings is 2. The Morgan fingerprint density at radius 1 is 1.07 bits per heavy atom. The van der Waals surface area contributed by atoms with Gasteiger partial charge in [-0.05, 0) is 17.7 Å². The molecule has 0 heterocycles. The monoisotopic (exact) mass is 486 g/mol. The number of methoxy groups -OCH3 is 2. The molecule has 0 aromatic heterocycles. The SMILES string of the molecule is CN=C(NCc1ccc([N+](=O)[O-])cc1)NCc1ccc(OC)cc1OC.I. The molecule has 0 aliphatic carbocycles. The Morgan fingerprint density at radius 2 is 1.74 bits per heavy atom. The number of halogens is 1. The van der Waals surface area contributed by atoms with E-state index in [4.69, 9.17) is 9.47 Å². The molecule has 8 nitrogen and oxygen atoms in total. The van der Waals surface area contributed by atoms with Gasteiger partial charge in [0.15, 0.2) is 5.96 Å². The van der Waals surface area contributed by atoms with E-state index in [1.165, 1.54) is 12.1 Å². The maximum absolute atomic E-state index is 10.7. The van der Waals surface area contributed by atoms with E-state index in [-0.39, 0.29) is 29.7 Å². The molecular weight excluding hydrogens is 463 g/mol. The third-order valence-corrected chi connectivity index (χ3v) is 3.77. The normalized spacial score (nSPS) is 10.6. The first-order chi connectivity index (χ1) is 12.6. The van der Waals surface area contributed by atoms with Gasteiger partial charge in [-0.2, -0.15) is 0 Å². The molecule has 0 aliphatic heterocycles. The fourth-order valence-corrected chi connectivity index (χ4v) is 2.32. The minimum Gasteiger partial charge on any atom is -0.497 e. The molecule has 0 aliphatic rings. The highest BCUT2D eigenvalue weighted by atomic mass is 127. The van der Waals surface area contributed by atoms with Gasteiger partial charge < -0.3 is 20.1 Å². The zero-order valence-corrected chi connectivity index (χ0v) is 17.7. The van der Waals surface area contributed by atoms with Crippen LogP contribution in [-0.2, 0) is 13.1 Å². The predicted octanol–water partition coefficient (Wildman–Crippen LogP) is 3.10. The van der Waals surface area contributed by atoms with Crippen molar-refractivity contribution in [3.8, 4) is 11.5 Å². The molecule has 0 spiro atoms. The second kappa shape index (κ2) is 11.2.